The summed E-state index contributed by atoms with van der Waals surface area (Å²) in [4.78, 5) is 21.3. The van der Waals surface area contributed by atoms with E-state index in [4.69, 9.17) is 0 Å². The van der Waals surface area contributed by atoms with Crippen molar-refractivity contribution >= 4 is 17.3 Å². The van der Waals surface area contributed by atoms with E-state index in [0.717, 1.165) is 0 Å². The molecule has 1 N–H and O–H groups in total. The first kappa shape index (κ1) is 11.0. The Morgan fingerprint density at radius 3 is 2.67 bits per heavy atom. The maximum Gasteiger partial charge on any atom is 0.344 e. The molecule has 6 heteroatoms. The van der Waals surface area contributed by atoms with Crippen LogP contribution in [0.15, 0.2) is 18.2 Å². The molecule has 0 amide bonds. The van der Waals surface area contributed by atoms with Crippen LogP contribution in [0.1, 0.15) is 10.4 Å². The van der Waals surface area contributed by atoms with Crippen LogP contribution in [0.2, 0.25) is 0 Å². The minimum absolute atomic E-state index is 0.0542. The summed E-state index contributed by atoms with van der Waals surface area (Å²) in [5.74, 6) is -0.718. The third-order valence-electron chi connectivity index (χ3n) is 1.89. The Morgan fingerprint density at radius 1 is 1.53 bits per heavy atom. The van der Waals surface area contributed by atoms with Crippen LogP contribution in [-0.2, 0) is 4.74 Å². The van der Waals surface area contributed by atoms with Gasteiger partial charge in [0.15, 0.2) is 0 Å². The number of nitrogens with one attached hydrogen (secondary N) is 1. The van der Waals surface area contributed by atoms with Gasteiger partial charge in [0.05, 0.1) is 12.0 Å². The van der Waals surface area contributed by atoms with E-state index < -0.39 is 10.9 Å². The predicted octanol–water partition coefficient (Wildman–Crippen LogP) is 1.42. The van der Waals surface area contributed by atoms with Crippen molar-refractivity contribution in [1.29, 1.82) is 0 Å². The molecular weight excluding hydrogens is 200 g/mol. The molecule has 0 unspecified atom stereocenters. The highest BCUT2D eigenvalue weighted by molar-refractivity contribution is 5.94. The van der Waals surface area contributed by atoms with E-state index in [2.05, 4.69) is 10.1 Å². The third-order valence-corrected chi connectivity index (χ3v) is 1.89. The number of hydrogen-bond acceptors (Lipinski definition) is 5. The summed E-state index contributed by atoms with van der Waals surface area (Å²) >= 11 is 0. The second-order valence-electron chi connectivity index (χ2n) is 2.73. The number of nitrogens with zero attached hydrogens (tertiary/aromatic N) is 1. The molecule has 1 aromatic carbocycles. The Morgan fingerprint density at radius 2 is 2.20 bits per heavy atom. The molecule has 0 saturated carbocycles. The van der Waals surface area contributed by atoms with Crippen LogP contribution in [0.25, 0.3) is 0 Å². The lowest BCUT2D eigenvalue weighted by Gasteiger charge is -2.03. The number of carbonyl (C=O) groups is 1. The number of rotatable bonds is 3. The first-order chi connectivity index (χ1) is 7.10. The summed E-state index contributed by atoms with van der Waals surface area (Å²) in [5.41, 5.74) is 0.240. The molecule has 0 radical (unpaired) electrons. The number of benzene rings is 1. The van der Waals surface area contributed by atoms with Crippen molar-refractivity contribution in [2.75, 3.05) is 19.5 Å². The van der Waals surface area contributed by atoms with Gasteiger partial charge in [0.2, 0.25) is 0 Å². The third kappa shape index (κ3) is 2.22. The zero-order chi connectivity index (χ0) is 11.4. The van der Waals surface area contributed by atoms with E-state index in [9.17, 15) is 14.9 Å². The van der Waals surface area contributed by atoms with Crippen LogP contribution in [0.5, 0.6) is 0 Å². The summed E-state index contributed by atoms with van der Waals surface area (Å²) in [6.07, 6.45) is 0. The van der Waals surface area contributed by atoms with Gasteiger partial charge >= 0.3 is 5.97 Å². The molecular formula is C9H10N2O4. The number of ether oxygens (including phenoxy) is 1. The van der Waals surface area contributed by atoms with Crippen LogP contribution in [0, 0.1) is 10.1 Å². The fourth-order valence-electron chi connectivity index (χ4n) is 1.12. The molecule has 0 aliphatic heterocycles. The van der Waals surface area contributed by atoms with Gasteiger partial charge in [-0.15, -0.1) is 0 Å². The smallest absolute Gasteiger partial charge is 0.344 e. The van der Waals surface area contributed by atoms with Gasteiger partial charge in [0.1, 0.15) is 5.56 Å². The number of hydrogen-bond donors (Lipinski definition) is 1. The van der Waals surface area contributed by atoms with E-state index in [0.29, 0.717) is 5.69 Å². The van der Waals surface area contributed by atoms with Crippen LogP contribution >= 0.6 is 0 Å². The molecule has 0 spiro atoms. The summed E-state index contributed by atoms with van der Waals surface area (Å²) in [7, 11) is 2.81. The molecule has 0 heterocycles. The van der Waals surface area contributed by atoms with Crippen LogP contribution in [-0.4, -0.2) is 25.1 Å². The molecule has 1 rings (SSSR count). The van der Waals surface area contributed by atoms with Crippen LogP contribution in [0.4, 0.5) is 11.4 Å². The lowest BCUT2D eigenvalue weighted by atomic mass is 10.1. The number of anilines is 1. The molecule has 0 saturated heterocycles. The minimum Gasteiger partial charge on any atom is -0.465 e. The molecule has 1 aromatic rings. The summed E-state index contributed by atoms with van der Waals surface area (Å²) in [6, 6.07) is 4.21. The monoisotopic (exact) mass is 210 g/mol. The van der Waals surface area contributed by atoms with Crippen molar-refractivity contribution in [1.82, 2.24) is 0 Å². The zero-order valence-corrected chi connectivity index (χ0v) is 8.31. The van der Waals surface area contributed by atoms with Crippen LogP contribution < -0.4 is 5.32 Å². The maximum absolute atomic E-state index is 11.2. The van der Waals surface area contributed by atoms with Crippen LogP contribution in [0.3, 0.4) is 0 Å². The number of methoxy groups -OCH3 is 1. The van der Waals surface area contributed by atoms with Gasteiger partial charge in [0.25, 0.3) is 5.69 Å². The zero-order valence-electron chi connectivity index (χ0n) is 8.31. The molecule has 0 fully saturated rings. The highest BCUT2D eigenvalue weighted by atomic mass is 16.6. The number of nitro benzene ring substituents is 1. The fourth-order valence-corrected chi connectivity index (χ4v) is 1.12. The van der Waals surface area contributed by atoms with Gasteiger partial charge in [-0.1, -0.05) is 0 Å². The molecule has 6 nitrogen and oxygen atoms in total. The second-order valence-corrected chi connectivity index (χ2v) is 2.73. The number of carbonyl (C=O) groups excluding carboxylic acids is 1. The van der Waals surface area contributed by atoms with Gasteiger partial charge < -0.3 is 10.1 Å². The van der Waals surface area contributed by atoms with E-state index >= 15 is 0 Å². The highest BCUT2D eigenvalue weighted by Gasteiger charge is 2.20. The summed E-state index contributed by atoms with van der Waals surface area (Å²) in [6.45, 7) is 0. The molecule has 0 aliphatic rings. The quantitative estimate of drug-likeness (QED) is 0.463. The Balaban J connectivity index is 3.27. The van der Waals surface area contributed by atoms with Gasteiger partial charge in [0, 0.05) is 18.8 Å². The Kier molecular flexibility index (Phi) is 3.22. The topological polar surface area (TPSA) is 81.5 Å². The first-order valence-electron chi connectivity index (χ1n) is 4.14. The van der Waals surface area contributed by atoms with Crippen molar-refractivity contribution in [3.63, 3.8) is 0 Å². The van der Waals surface area contributed by atoms with Gasteiger partial charge in [-0.25, -0.2) is 4.79 Å². The molecule has 0 aromatic heterocycles. The predicted molar refractivity (Wildman–Crippen MR) is 54.0 cm³/mol. The average molecular weight is 210 g/mol. The second kappa shape index (κ2) is 4.41. The SMILES string of the molecule is CNc1ccc(C(=O)OC)c([N+](=O)[O-])c1. The lowest BCUT2D eigenvalue weighted by Crippen LogP contribution is -2.06. The molecule has 15 heavy (non-hydrogen) atoms. The summed E-state index contributed by atoms with van der Waals surface area (Å²) < 4.78 is 4.44. The van der Waals surface area contributed by atoms with E-state index in [1.807, 2.05) is 0 Å². The minimum atomic E-state index is -0.718. The lowest BCUT2D eigenvalue weighted by molar-refractivity contribution is -0.385. The first-order valence-corrected chi connectivity index (χ1v) is 4.14. The van der Waals surface area contributed by atoms with Gasteiger partial charge in [-0.05, 0) is 12.1 Å². The van der Waals surface area contributed by atoms with Crippen molar-refractivity contribution < 1.29 is 14.5 Å². The fraction of sp³-hybridized carbons (Fsp3) is 0.222. The molecule has 0 aliphatic carbocycles. The van der Waals surface area contributed by atoms with Crippen molar-refractivity contribution in [3.8, 4) is 0 Å². The normalized spacial score (nSPS) is 9.47. The number of esters is 1. The van der Waals surface area contributed by atoms with E-state index in [1.54, 1.807) is 13.1 Å². The molecule has 0 atom stereocenters. The van der Waals surface area contributed by atoms with E-state index in [1.165, 1.54) is 19.2 Å². The van der Waals surface area contributed by atoms with Gasteiger partial charge in [-0.2, -0.15) is 0 Å². The molecule has 80 valence electrons. The summed E-state index contributed by atoms with van der Waals surface area (Å²) in [5, 5.41) is 13.4. The van der Waals surface area contributed by atoms with E-state index in [-0.39, 0.29) is 11.3 Å². The maximum atomic E-state index is 11.2. The Hall–Kier alpha value is -2.11. The molecule has 0 bridgehead atoms. The van der Waals surface area contributed by atoms with Crippen molar-refractivity contribution in [2.24, 2.45) is 0 Å². The highest BCUT2D eigenvalue weighted by Crippen LogP contribution is 2.23. The Labute approximate surface area is 86.0 Å². The number of nitro groups is 1. The van der Waals surface area contributed by atoms with Crippen molar-refractivity contribution in [2.45, 2.75) is 0 Å². The average Bonchev–Trinajstić information content (AvgIpc) is 2.27. The standard InChI is InChI=1S/C9H10N2O4/c1-10-6-3-4-7(9(12)15-2)8(5-6)11(13)14/h3-5,10H,1-2H3. The largest absolute Gasteiger partial charge is 0.465 e. The Bertz CT molecular complexity index is 403. The van der Waals surface area contributed by atoms with Crippen molar-refractivity contribution in [3.05, 3.63) is 33.9 Å². The van der Waals surface area contributed by atoms with Gasteiger partial charge in [-0.3, -0.25) is 10.1 Å².